The van der Waals surface area contributed by atoms with E-state index >= 15 is 0 Å². The molecule has 9 heteroatoms. The molecule has 1 heterocycles. The Bertz CT molecular complexity index is 996. The molecule has 2 N–H and O–H groups in total. The number of likely N-dealkylation sites (tertiary alicyclic amines) is 1. The fourth-order valence-corrected chi connectivity index (χ4v) is 4.36. The van der Waals surface area contributed by atoms with Gasteiger partial charge in [0.05, 0.1) is 17.1 Å². The first-order valence-corrected chi connectivity index (χ1v) is 11.8. The molecule has 31 heavy (non-hydrogen) atoms. The molecular formula is C22H27N3O5S. The first-order chi connectivity index (χ1) is 14.9. The summed E-state index contributed by atoms with van der Waals surface area (Å²) in [5.74, 6) is -0.463. The fraction of sp³-hybridized carbons (Fsp3) is 0.364. The number of carbonyl (C=O) groups excluding carboxylic acids is 2. The topological polar surface area (TPSA) is 105 Å². The van der Waals surface area contributed by atoms with Gasteiger partial charge in [0.25, 0.3) is 10.0 Å². The lowest BCUT2D eigenvalue weighted by molar-refractivity contribution is 0.0526. The van der Waals surface area contributed by atoms with Crippen LogP contribution in [0.2, 0.25) is 0 Å². The summed E-state index contributed by atoms with van der Waals surface area (Å²) in [7, 11) is -3.82. The number of carbonyl (C=O) groups is 2. The summed E-state index contributed by atoms with van der Waals surface area (Å²) in [4.78, 5) is 26.0. The standard InChI is InChI=1S/C22H27N3O5S/c1-2-30-21(26)17-7-9-19(10-8-17)24-31(28,29)20-13-11-18(12-14-20)23-22(27)25-15-5-3-4-6-16-25/h7-14,24H,2-6,15-16H2,1H3,(H,23,27). The van der Waals surface area contributed by atoms with Gasteiger partial charge in [0.15, 0.2) is 0 Å². The van der Waals surface area contributed by atoms with Crippen molar-refractivity contribution in [1.82, 2.24) is 4.90 Å². The number of ether oxygens (including phenoxy) is 1. The normalized spacial score (nSPS) is 14.4. The van der Waals surface area contributed by atoms with E-state index in [-0.39, 0.29) is 17.5 Å². The maximum absolute atomic E-state index is 12.6. The second-order valence-corrected chi connectivity index (χ2v) is 8.94. The fourth-order valence-electron chi connectivity index (χ4n) is 3.30. The summed E-state index contributed by atoms with van der Waals surface area (Å²) in [5, 5.41) is 2.82. The van der Waals surface area contributed by atoms with Crippen LogP contribution in [0.3, 0.4) is 0 Å². The minimum absolute atomic E-state index is 0.0646. The largest absolute Gasteiger partial charge is 0.462 e. The lowest BCUT2D eigenvalue weighted by atomic mass is 10.2. The van der Waals surface area contributed by atoms with Gasteiger partial charge < -0.3 is 15.0 Å². The van der Waals surface area contributed by atoms with Crippen LogP contribution in [-0.2, 0) is 14.8 Å². The van der Waals surface area contributed by atoms with Crippen molar-refractivity contribution >= 4 is 33.4 Å². The summed E-state index contributed by atoms with van der Waals surface area (Å²) in [6, 6.07) is 11.8. The quantitative estimate of drug-likeness (QED) is 0.652. The van der Waals surface area contributed by atoms with E-state index in [1.807, 2.05) is 0 Å². The summed E-state index contributed by atoms with van der Waals surface area (Å²) in [5.41, 5.74) is 1.20. The lowest BCUT2D eigenvalue weighted by Crippen LogP contribution is -2.35. The van der Waals surface area contributed by atoms with Gasteiger partial charge >= 0.3 is 12.0 Å². The summed E-state index contributed by atoms with van der Waals surface area (Å²) >= 11 is 0. The molecule has 166 valence electrons. The molecule has 2 aromatic rings. The van der Waals surface area contributed by atoms with E-state index < -0.39 is 16.0 Å². The van der Waals surface area contributed by atoms with Gasteiger partial charge in [0.1, 0.15) is 0 Å². The van der Waals surface area contributed by atoms with Crippen LogP contribution in [0.1, 0.15) is 43.0 Å². The van der Waals surface area contributed by atoms with E-state index in [4.69, 9.17) is 4.74 Å². The molecule has 0 bridgehead atoms. The van der Waals surface area contributed by atoms with Crippen LogP contribution in [0.25, 0.3) is 0 Å². The zero-order chi connectivity index (χ0) is 22.3. The summed E-state index contributed by atoms with van der Waals surface area (Å²) < 4.78 is 32.7. The average Bonchev–Trinajstić information content (AvgIpc) is 3.04. The summed E-state index contributed by atoms with van der Waals surface area (Å²) in [6.07, 6.45) is 4.26. The number of rotatable bonds is 6. The van der Waals surface area contributed by atoms with Crippen LogP contribution in [0.4, 0.5) is 16.2 Å². The molecule has 0 radical (unpaired) electrons. The molecule has 3 rings (SSSR count). The maximum Gasteiger partial charge on any atom is 0.338 e. The van der Waals surface area contributed by atoms with Gasteiger partial charge in [-0.15, -0.1) is 0 Å². The second-order valence-electron chi connectivity index (χ2n) is 7.26. The first kappa shape index (κ1) is 22.6. The van der Waals surface area contributed by atoms with Crippen molar-refractivity contribution in [3.63, 3.8) is 0 Å². The number of nitrogens with zero attached hydrogens (tertiary/aromatic N) is 1. The number of sulfonamides is 1. The van der Waals surface area contributed by atoms with E-state index in [1.165, 1.54) is 36.4 Å². The lowest BCUT2D eigenvalue weighted by Gasteiger charge is -2.20. The molecule has 8 nitrogen and oxygen atoms in total. The Balaban J connectivity index is 1.62. The molecular weight excluding hydrogens is 418 g/mol. The van der Waals surface area contributed by atoms with E-state index in [0.717, 1.165) is 38.8 Å². The molecule has 1 aliphatic heterocycles. The van der Waals surface area contributed by atoms with E-state index in [0.29, 0.717) is 16.9 Å². The Morgan fingerprint density at radius 3 is 2.06 bits per heavy atom. The van der Waals surface area contributed by atoms with Gasteiger partial charge in [-0.05, 0) is 68.3 Å². The Morgan fingerprint density at radius 2 is 1.48 bits per heavy atom. The Hall–Kier alpha value is -3.07. The first-order valence-electron chi connectivity index (χ1n) is 10.3. The number of hydrogen-bond donors (Lipinski definition) is 2. The molecule has 0 aliphatic carbocycles. The number of hydrogen-bond acceptors (Lipinski definition) is 5. The third kappa shape index (κ3) is 6.21. The molecule has 0 saturated carbocycles. The number of amides is 2. The average molecular weight is 446 g/mol. The van der Waals surface area contributed by atoms with Crippen LogP contribution in [0, 0.1) is 0 Å². The zero-order valence-corrected chi connectivity index (χ0v) is 18.3. The van der Waals surface area contributed by atoms with Gasteiger partial charge in [0.2, 0.25) is 0 Å². The van der Waals surface area contributed by atoms with E-state index in [2.05, 4.69) is 10.0 Å². The van der Waals surface area contributed by atoms with E-state index in [9.17, 15) is 18.0 Å². The highest BCUT2D eigenvalue weighted by Crippen LogP contribution is 2.20. The van der Waals surface area contributed by atoms with Crippen LogP contribution in [-0.4, -0.2) is 45.0 Å². The Morgan fingerprint density at radius 1 is 0.903 bits per heavy atom. The highest BCUT2D eigenvalue weighted by Gasteiger charge is 2.17. The smallest absolute Gasteiger partial charge is 0.338 e. The predicted octanol–water partition coefficient (Wildman–Crippen LogP) is 4.07. The minimum Gasteiger partial charge on any atom is -0.462 e. The van der Waals surface area contributed by atoms with Crippen LogP contribution < -0.4 is 10.0 Å². The third-order valence-electron chi connectivity index (χ3n) is 4.96. The minimum atomic E-state index is -3.82. The van der Waals surface area contributed by atoms with Gasteiger partial charge in [-0.25, -0.2) is 18.0 Å². The molecule has 1 saturated heterocycles. The molecule has 0 spiro atoms. The Labute approximate surface area is 182 Å². The van der Waals surface area contributed by atoms with Crippen molar-refractivity contribution in [3.8, 4) is 0 Å². The molecule has 2 amide bonds. The van der Waals surface area contributed by atoms with Crippen molar-refractivity contribution in [2.75, 3.05) is 29.7 Å². The number of anilines is 2. The Kier molecular flexibility index (Phi) is 7.51. The highest BCUT2D eigenvalue weighted by molar-refractivity contribution is 7.92. The van der Waals surface area contributed by atoms with Crippen LogP contribution in [0.15, 0.2) is 53.4 Å². The molecule has 0 aromatic heterocycles. The monoisotopic (exact) mass is 445 g/mol. The maximum atomic E-state index is 12.6. The highest BCUT2D eigenvalue weighted by atomic mass is 32.2. The van der Waals surface area contributed by atoms with Crippen molar-refractivity contribution in [1.29, 1.82) is 0 Å². The molecule has 1 fully saturated rings. The van der Waals surface area contributed by atoms with Crippen molar-refractivity contribution < 1.29 is 22.7 Å². The van der Waals surface area contributed by atoms with Crippen molar-refractivity contribution in [2.24, 2.45) is 0 Å². The molecule has 2 aromatic carbocycles. The van der Waals surface area contributed by atoms with Gasteiger partial charge in [-0.2, -0.15) is 0 Å². The SMILES string of the molecule is CCOC(=O)c1ccc(NS(=O)(=O)c2ccc(NC(=O)N3CCCCCC3)cc2)cc1. The van der Waals surface area contributed by atoms with Crippen molar-refractivity contribution in [3.05, 3.63) is 54.1 Å². The van der Waals surface area contributed by atoms with Crippen molar-refractivity contribution in [2.45, 2.75) is 37.5 Å². The number of urea groups is 1. The molecule has 0 unspecified atom stereocenters. The predicted molar refractivity (Wildman–Crippen MR) is 119 cm³/mol. The molecule has 0 atom stereocenters. The molecule has 1 aliphatic rings. The number of esters is 1. The van der Waals surface area contributed by atoms with Gasteiger partial charge in [0, 0.05) is 24.5 Å². The summed E-state index contributed by atoms with van der Waals surface area (Å²) in [6.45, 7) is 3.45. The second kappa shape index (κ2) is 10.3. The number of nitrogens with one attached hydrogen (secondary N) is 2. The van der Waals surface area contributed by atoms with Crippen LogP contribution in [0.5, 0.6) is 0 Å². The zero-order valence-electron chi connectivity index (χ0n) is 17.5. The number of benzene rings is 2. The van der Waals surface area contributed by atoms with Gasteiger partial charge in [-0.3, -0.25) is 4.72 Å². The van der Waals surface area contributed by atoms with E-state index in [1.54, 1.807) is 24.0 Å². The van der Waals surface area contributed by atoms with Gasteiger partial charge in [-0.1, -0.05) is 12.8 Å². The van der Waals surface area contributed by atoms with Crippen LogP contribution >= 0.6 is 0 Å². The third-order valence-corrected chi connectivity index (χ3v) is 6.35.